The van der Waals surface area contributed by atoms with Crippen LogP contribution in [0.3, 0.4) is 0 Å². The third-order valence-corrected chi connectivity index (χ3v) is 5.12. The highest BCUT2D eigenvalue weighted by atomic mass is 16.5. The third kappa shape index (κ3) is 3.69. The fraction of sp³-hybridized carbons (Fsp3) is 0.381. The number of nitrogens with two attached hydrogens (primary N) is 1. The van der Waals surface area contributed by atoms with E-state index in [-0.39, 0.29) is 11.9 Å². The van der Waals surface area contributed by atoms with Crippen LogP contribution in [-0.4, -0.2) is 18.6 Å². The summed E-state index contributed by atoms with van der Waals surface area (Å²) in [7, 11) is 1.68. The van der Waals surface area contributed by atoms with Gasteiger partial charge in [0.2, 0.25) is 5.91 Å². The standard InChI is InChI=1S/C21H26N2O2/c1-15(23-20(24)21(22)13-5-6-14-21)16-9-11-17(12-10-16)18-7-3-4-8-19(18)25-2/h3-4,7-12,15H,5-6,13-14,22H2,1-2H3,(H,23,24). The van der Waals surface area contributed by atoms with E-state index >= 15 is 0 Å². The van der Waals surface area contributed by atoms with Crippen LogP contribution in [0.1, 0.15) is 44.2 Å². The van der Waals surface area contributed by atoms with Crippen molar-refractivity contribution in [3.05, 3.63) is 54.1 Å². The van der Waals surface area contributed by atoms with Crippen LogP contribution >= 0.6 is 0 Å². The maximum absolute atomic E-state index is 12.5. The molecular formula is C21H26N2O2. The van der Waals surface area contributed by atoms with Crippen LogP contribution in [-0.2, 0) is 4.79 Å². The van der Waals surface area contributed by atoms with Crippen molar-refractivity contribution < 1.29 is 9.53 Å². The summed E-state index contributed by atoms with van der Waals surface area (Å²) in [5.74, 6) is 0.814. The van der Waals surface area contributed by atoms with E-state index in [0.29, 0.717) is 0 Å². The van der Waals surface area contributed by atoms with Crippen LogP contribution in [0, 0.1) is 0 Å². The highest BCUT2D eigenvalue weighted by Crippen LogP contribution is 2.31. The average Bonchev–Trinajstić information content (AvgIpc) is 3.10. The van der Waals surface area contributed by atoms with Crippen molar-refractivity contribution in [3.63, 3.8) is 0 Å². The summed E-state index contributed by atoms with van der Waals surface area (Å²) in [5, 5.41) is 3.07. The molecule has 132 valence electrons. The van der Waals surface area contributed by atoms with Gasteiger partial charge in [-0.25, -0.2) is 0 Å². The number of ether oxygens (including phenoxy) is 1. The molecule has 1 aliphatic rings. The molecule has 0 saturated heterocycles. The van der Waals surface area contributed by atoms with Gasteiger partial charge in [-0.1, -0.05) is 55.3 Å². The van der Waals surface area contributed by atoms with Gasteiger partial charge in [0.1, 0.15) is 5.75 Å². The molecule has 1 fully saturated rings. The lowest BCUT2D eigenvalue weighted by molar-refractivity contribution is -0.126. The van der Waals surface area contributed by atoms with E-state index in [9.17, 15) is 4.79 Å². The summed E-state index contributed by atoms with van der Waals surface area (Å²) >= 11 is 0. The first-order chi connectivity index (χ1) is 12.0. The van der Waals surface area contributed by atoms with Crippen molar-refractivity contribution >= 4 is 5.91 Å². The molecule has 4 nitrogen and oxygen atoms in total. The molecule has 0 heterocycles. The lowest BCUT2D eigenvalue weighted by Gasteiger charge is -2.25. The summed E-state index contributed by atoms with van der Waals surface area (Å²) in [6.07, 6.45) is 3.62. The van der Waals surface area contributed by atoms with Crippen LogP contribution in [0.2, 0.25) is 0 Å². The maximum Gasteiger partial charge on any atom is 0.240 e. The van der Waals surface area contributed by atoms with E-state index in [2.05, 4.69) is 17.4 Å². The molecule has 1 unspecified atom stereocenters. The van der Waals surface area contributed by atoms with Crippen LogP contribution < -0.4 is 15.8 Å². The number of amides is 1. The summed E-state index contributed by atoms with van der Waals surface area (Å²) in [4.78, 5) is 12.5. The summed E-state index contributed by atoms with van der Waals surface area (Å²) in [6, 6.07) is 16.1. The number of benzene rings is 2. The van der Waals surface area contributed by atoms with Crippen LogP contribution in [0.25, 0.3) is 11.1 Å². The number of para-hydroxylation sites is 1. The Morgan fingerprint density at radius 2 is 1.76 bits per heavy atom. The maximum atomic E-state index is 12.5. The zero-order valence-corrected chi connectivity index (χ0v) is 14.9. The number of carbonyl (C=O) groups is 1. The van der Waals surface area contributed by atoms with Gasteiger partial charge < -0.3 is 15.8 Å². The van der Waals surface area contributed by atoms with Gasteiger partial charge in [-0.05, 0) is 37.0 Å². The molecule has 25 heavy (non-hydrogen) atoms. The van der Waals surface area contributed by atoms with E-state index in [0.717, 1.165) is 48.1 Å². The first-order valence-electron chi connectivity index (χ1n) is 8.87. The van der Waals surface area contributed by atoms with Crippen molar-refractivity contribution in [3.8, 4) is 16.9 Å². The first kappa shape index (κ1) is 17.5. The molecular weight excluding hydrogens is 312 g/mol. The van der Waals surface area contributed by atoms with Crippen LogP contribution in [0.5, 0.6) is 5.75 Å². The van der Waals surface area contributed by atoms with E-state index in [1.165, 1.54) is 0 Å². The van der Waals surface area contributed by atoms with Crippen molar-refractivity contribution in [1.82, 2.24) is 5.32 Å². The van der Waals surface area contributed by atoms with Crippen molar-refractivity contribution in [2.75, 3.05) is 7.11 Å². The normalized spacial score (nSPS) is 17.1. The van der Waals surface area contributed by atoms with Gasteiger partial charge in [0, 0.05) is 5.56 Å². The number of hydrogen-bond donors (Lipinski definition) is 2. The lowest BCUT2D eigenvalue weighted by atomic mass is 9.96. The Labute approximate surface area is 149 Å². The van der Waals surface area contributed by atoms with Gasteiger partial charge in [0.15, 0.2) is 0 Å². The van der Waals surface area contributed by atoms with E-state index in [4.69, 9.17) is 10.5 Å². The average molecular weight is 338 g/mol. The van der Waals surface area contributed by atoms with Gasteiger partial charge in [-0.2, -0.15) is 0 Å². The van der Waals surface area contributed by atoms with Crippen LogP contribution in [0.15, 0.2) is 48.5 Å². The highest BCUT2D eigenvalue weighted by Gasteiger charge is 2.37. The minimum Gasteiger partial charge on any atom is -0.496 e. The zero-order valence-electron chi connectivity index (χ0n) is 14.9. The third-order valence-electron chi connectivity index (χ3n) is 5.12. The molecule has 1 aliphatic carbocycles. The molecule has 3 rings (SSSR count). The molecule has 0 spiro atoms. The smallest absolute Gasteiger partial charge is 0.240 e. The predicted octanol–water partition coefficient (Wildman–Crippen LogP) is 3.81. The van der Waals surface area contributed by atoms with E-state index in [1.54, 1.807) is 7.11 Å². The Bertz CT molecular complexity index is 734. The molecule has 3 N–H and O–H groups in total. The van der Waals surface area contributed by atoms with E-state index in [1.807, 2.05) is 43.3 Å². The van der Waals surface area contributed by atoms with Gasteiger partial charge >= 0.3 is 0 Å². The summed E-state index contributed by atoms with van der Waals surface area (Å²) < 4.78 is 5.43. The second-order valence-electron chi connectivity index (χ2n) is 6.88. The largest absolute Gasteiger partial charge is 0.496 e. The molecule has 4 heteroatoms. The van der Waals surface area contributed by atoms with Gasteiger partial charge in [-0.3, -0.25) is 4.79 Å². The monoisotopic (exact) mass is 338 g/mol. The Morgan fingerprint density at radius 3 is 2.40 bits per heavy atom. The minimum atomic E-state index is -0.689. The SMILES string of the molecule is COc1ccccc1-c1ccc(C(C)NC(=O)C2(N)CCCC2)cc1. The number of nitrogens with one attached hydrogen (secondary N) is 1. The molecule has 2 aromatic carbocycles. The zero-order chi connectivity index (χ0) is 17.9. The molecule has 0 bridgehead atoms. The molecule has 0 radical (unpaired) electrons. The van der Waals surface area contributed by atoms with Gasteiger partial charge in [-0.15, -0.1) is 0 Å². The van der Waals surface area contributed by atoms with Gasteiger partial charge in [0.25, 0.3) is 0 Å². The number of rotatable bonds is 5. The summed E-state index contributed by atoms with van der Waals surface area (Å²) in [5.41, 5.74) is 8.75. The van der Waals surface area contributed by atoms with Crippen molar-refractivity contribution in [2.24, 2.45) is 5.73 Å². The Balaban J connectivity index is 1.72. The topological polar surface area (TPSA) is 64.3 Å². The first-order valence-corrected chi connectivity index (χ1v) is 8.87. The lowest BCUT2D eigenvalue weighted by Crippen LogP contribution is -2.52. The Hall–Kier alpha value is -2.33. The molecule has 1 atom stereocenters. The molecule has 1 amide bonds. The second-order valence-corrected chi connectivity index (χ2v) is 6.88. The molecule has 2 aromatic rings. The number of carbonyl (C=O) groups excluding carboxylic acids is 1. The molecule has 0 aromatic heterocycles. The van der Waals surface area contributed by atoms with Gasteiger partial charge in [0.05, 0.1) is 18.7 Å². The van der Waals surface area contributed by atoms with E-state index < -0.39 is 5.54 Å². The van der Waals surface area contributed by atoms with Crippen molar-refractivity contribution in [2.45, 2.75) is 44.2 Å². The quantitative estimate of drug-likeness (QED) is 0.871. The molecule has 0 aliphatic heterocycles. The predicted molar refractivity (Wildman–Crippen MR) is 100 cm³/mol. The minimum absolute atomic E-state index is 0.0358. The second kappa shape index (κ2) is 7.28. The fourth-order valence-corrected chi connectivity index (χ4v) is 3.49. The highest BCUT2D eigenvalue weighted by molar-refractivity contribution is 5.86. The molecule has 1 saturated carbocycles. The number of hydrogen-bond acceptors (Lipinski definition) is 3. The Morgan fingerprint density at radius 1 is 1.12 bits per heavy atom. The summed E-state index contributed by atoms with van der Waals surface area (Å²) in [6.45, 7) is 1.99. The van der Waals surface area contributed by atoms with Crippen molar-refractivity contribution in [1.29, 1.82) is 0 Å². The van der Waals surface area contributed by atoms with Crippen LogP contribution in [0.4, 0.5) is 0 Å². The number of methoxy groups -OCH3 is 1. The fourth-order valence-electron chi connectivity index (χ4n) is 3.49. The Kier molecular flexibility index (Phi) is 5.09.